The van der Waals surface area contributed by atoms with Crippen LogP contribution in [0.3, 0.4) is 0 Å². The van der Waals surface area contributed by atoms with Gasteiger partial charge in [-0.2, -0.15) is 0 Å². The maximum Gasteiger partial charge on any atom is 0.321 e. The highest BCUT2D eigenvalue weighted by Crippen LogP contribution is 2.27. The van der Waals surface area contributed by atoms with Crippen molar-refractivity contribution < 1.29 is 9.90 Å². The van der Waals surface area contributed by atoms with Gasteiger partial charge in [-0.25, -0.2) is 4.79 Å². The molecule has 21 heavy (non-hydrogen) atoms. The number of piperazine rings is 1. The van der Waals surface area contributed by atoms with Crippen molar-refractivity contribution in [2.45, 2.75) is 31.9 Å². The molecule has 2 N–H and O–H groups in total. The van der Waals surface area contributed by atoms with Crippen molar-refractivity contribution >= 4 is 11.7 Å². The van der Waals surface area contributed by atoms with Gasteiger partial charge in [0.15, 0.2) is 0 Å². The van der Waals surface area contributed by atoms with Crippen LogP contribution < -0.4 is 5.32 Å². The number of nitrogens with one attached hydrogen (secondary N) is 1. The zero-order chi connectivity index (χ0) is 14.8. The van der Waals surface area contributed by atoms with E-state index in [1.165, 1.54) is 12.8 Å². The molecule has 5 nitrogen and oxygen atoms in total. The van der Waals surface area contributed by atoms with E-state index >= 15 is 0 Å². The van der Waals surface area contributed by atoms with Crippen molar-refractivity contribution in [2.75, 3.05) is 31.5 Å². The van der Waals surface area contributed by atoms with Gasteiger partial charge in [0.25, 0.3) is 0 Å². The van der Waals surface area contributed by atoms with Crippen LogP contribution in [0.4, 0.5) is 10.5 Å². The fourth-order valence-electron chi connectivity index (χ4n) is 2.81. The van der Waals surface area contributed by atoms with Crippen LogP contribution in [0.15, 0.2) is 24.3 Å². The number of carbonyl (C=O) groups is 1. The molecule has 1 aromatic carbocycles. The Morgan fingerprint density at radius 1 is 1.29 bits per heavy atom. The molecule has 1 aliphatic heterocycles. The Morgan fingerprint density at radius 2 is 2.00 bits per heavy atom. The Bertz CT molecular complexity index is 506. The summed E-state index contributed by atoms with van der Waals surface area (Å²) in [6.07, 6.45) is 2.11. The lowest BCUT2D eigenvalue weighted by molar-refractivity contribution is 0.142. The predicted molar refractivity (Wildman–Crippen MR) is 82.3 cm³/mol. The fourth-order valence-corrected chi connectivity index (χ4v) is 2.81. The summed E-state index contributed by atoms with van der Waals surface area (Å²) in [6, 6.07) is 8.11. The fraction of sp³-hybridized carbons (Fsp3) is 0.562. The number of aliphatic hydroxyl groups excluding tert-OH is 1. The van der Waals surface area contributed by atoms with Crippen molar-refractivity contribution in [3.8, 4) is 0 Å². The highest BCUT2D eigenvalue weighted by Gasteiger charge is 2.32. The summed E-state index contributed by atoms with van der Waals surface area (Å²) in [5.74, 6) is 0. The summed E-state index contributed by atoms with van der Waals surface area (Å²) in [4.78, 5) is 16.6. The predicted octanol–water partition coefficient (Wildman–Crippen LogP) is 2.05. The van der Waals surface area contributed by atoms with Gasteiger partial charge in [0.2, 0.25) is 0 Å². The van der Waals surface area contributed by atoms with Gasteiger partial charge >= 0.3 is 6.03 Å². The highest BCUT2D eigenvalue weighted by atomic mass is 16.3. The number of benzene rings is 1. The van der Waals surface area contributed by atoms with E-state index < -0.39 is 6.10 Å². The average molecular weight is 289 g/mol. The van der Waals surface area contributed by atoms with Crippen LogP contribution in [0.25, 0.3) is 0 Å². The molecule has 1 saturated carbocycles. The minimum atomic E-state index is -0.524. The number of amides is 2. The molecule has 114 valence electrons. The molecular weight excluding hydrogens is 266 g/mol. The van der Waals surface area contributed by atoms with Crippen LogP contribution in [0.2, 0.25) is 0 Å². The van der Waals surface area contributed by atoms with E-state index in [0.29, 0.717) is 0 Å². The number of hydrogen-bond donors (Lipinski definition) is 2. The van der Waals surface area contributed by atoms with E-state index in [4.69, 9.17) is 0 Å². The van der Waals surface area contributed by atoms with E-state index in [0.717, 1.165) is 43.5 Å². The smallest absolute Gasteiger partial charge is 0.321 e. The van der Waals surface area contributed by atoms with Crippen molar-refractivity contribution in [2.24, 2.45) is 0 Å². The number of carbonyl (C=O) groups excluding carboxylic acids is 1. The Labute approximate surface area is 125 Å². The molecule has 3 rings (SSSR count). The lowest BCUT2D eigenvalue weighted by Crippen LogP contribution is -2.50. The van der Waals surface area contributed by atoms with E-state index in [-0.39, 0.29) is 6.03 Å². The van der Waals surface area contributed by atoms with Crippen LogP contribution >= 0.6 is 0 Å². The van der Waals surface area contributed by atoms with Gasteiger partial charge in [0, 0.05) is 37.9 Å². The first-order valence-electron chi connectivity index (χ1n) is 7.71. The topological polar surface area (TPSA) is 55.8 Å². The normalized spacial score (nSPS) is 21.1. The van der Waals surface area contributed by atoms with Gasteiger partial charge in [-0.05, 0) is 37.5 Å². The van der Waals surface area contributed by atoms with Crippen molar-refractivity contribution in [1.29, 1.82) is 0 Å². The summed E-state index contributed by atoms with van der Waals surface area (Å²) in [5.41, 5.74) is 1.55. The zero-order valence-corrected chi connectivity index (χ0v) is 12.5. The van der Waals surface area contributed by atoms with E-state index in [1.54, 1.807) is 6.92 Å². The van der Waals surface area contributed by atoms with Crippen LogP contribution in [0, 0.1) is 0 Å². The summed E-state index contributed by atoms with van der Waals surface area (Å²) in [5, 5.41) is 12.5. The number of nitrogens with zero attached hydrogens (tertiary/aromatic N) is 2. The number of urea groups is 1. The molecule has 1 saturated heterocycles. The molecular formula is C16H23N3O2. The van der Waals surface area contributed by atoms with E-state index in [1.807, 2.05) is 29.2 Å². The number of rotatable bonds is 3. The Kier molecular flexibility index (Phi) is 4.12. The van der Waals surface area contributed by atoms with Gasteiger partial charge in [-0.1, -0.05) is 12.1 Å². The van der Waals surface area contributed by atoms with Crippen LogP contribution in [-0.2, 0) is 0 Å². The molecule has 0 spiro atoms. The minimum Gasteiger partial charge on any atom is -0.389 e. The number of anilines is 1. The monoisotopic (exact) mass is 289 g/mol. The summed E-state index contributed by atoms with van der Waals surface area (Å²) in [7, 11) is 0. The highest BCUT2D eigenvalue weighted by molar-refractivity contribution is 5.89. The van der Waals surface area contributed by atoms with Gasteiger partial charge < -0.3 is 15.3 Å². The molecule has 1 unspecified atom stereocenters. The first kappa shape index (κ1) is 14.4. The van der Waals surface area contributed by atoms with Crippen molar-refractivity contribution in [3.05, 3.63) is 29.8 Å². The SMILES string of the molecule is CC(O)c1cccc(NC(=O)N2CCN(C3CC3)CC2)c1. The average Bonchev–Trinajstić information content (AvgIpc) is 3.32. The van der Waals surface area contributed by atoms with Gasteiger partial charge in [0.1, 0.15) is 0 Å². The van der Waals surface area contributed by atoms with Crippen molar-refractivity contribution in [3.63, 3.8) is 0 Å². The van der Waals surface area contributed by atoms with Crippen molar-refractivity contribution in [1.82, 2.24) is 9.80 Å². The Hall–Kier alpha value is -1.59. The summed E-state index contributed by atoms with van der Waals surface area (Å²) >= 11 is 0. The van der Waals surface area contributed by atoms with Crippen LogP contribution in [0.1, 0.15) is 31.4 Å². The number of hydrogen-bond acceptors (Lipinski definition) is 3. The first-order valence-corrected chi connectivity index (χ1v) is 7.71. The lowest BCUT2D eigenvalue weighted by Gasteiger charge is -2.34. The minimum absolute atomic E-state index is 0.0480. The molecule has 0 radical (unpaired) electrons. The third kappa shape index (κ3) is 3.54. The van der Waals surface area contributed by atoms with Crippen LogP contribution in [-0.4, -0.2) is 53.2 Å². The molecule has 1 heterocycles. The Balaban J connectivity index is 1.55. The number of aliphatic hydroxyl groups is 1. The van der Waals surface area contributed by atoms with Crippen LogP contribution in [0.5, 0.6) is 0 Å². The standard InChI is InChI=1S/C16H23N3O2/c1-12(20)13-3-2-4-14(11-13)17-16(21)19-9-7-18(8-10-19)15-5-6-15/h2-4,11-12,15,20H,5-10H2,1H3,(H,17,21). The van der Waals surface area contributed by atoms with E-state index in [9.17, 15) is 9.90 Å². The summed E-state index contributed by atoms with van der Waals surface area (Å²) < 4.78 is 0. The third-order valence-corrected chi connectivity index (χ3v) is 4.29. The molecule has 0 aromatic heterocycles. The molecule has 2 aliphatic rings. The summed E-state index contributed by atoms with van der Waals surface area (Å²) in [6.45, 7) is 5.26. The first-order chi connectivity index (χ1) is 10.1. The Morgan fingerprint density at radius 3 is 2.62 bits per heavy atom. The van der Waals surface area contributed by atoms with Gasteiger partial charge in [-0.3, -0.25) is 4.90 Å². The molecule has 1 aromatic rings. The second-order valence-corrected chi connectivity index (χ2v) is 5.99. The molecule has 0 bridgehead atoms. The second-order valence-electron chi connectivity index (χ2n) is 5.99. The molecule has 1 aliphatic carbocycles. The molecule has 2 amide bonds. The van der Waals surface area contributed by atoms with E-state index in [2.05, 4.69) is 10.2 Å². The van der Waals surface area contributed by atoms with Gasteiger partial charge in [0.05, 0.1) is 6.10 Å². The quantitative estimate of drug-likeness (QED) is 0.895. The zero-order valence-electron chi connectivity index (χ0n) is 12.5. The third-order valence-electron chi connectivity index (χ3n) is 4.29. The lowest BCUT2D eigenvalue weighted by atomic mass is 10.1. The van der Waals surface area contributed by atoms with Gasteiger partial charge in [-0.15, -0.1) is 0 Å². The maximum atomic E-state index is 12.3. The molecule has 2 fully saturated rings. The molecule has 1 atom stereocenters. The maximum absolute atomic E-state index is 12.3. The second kappa shape index (κ2) is 6.03. The molecule has 5 heteroatoms. The largest absolute Gasteiger partial charge is 0.389 e.